The van der Waals surface area contributed by atoms with Crippen molar-refractivity contribution in [3.8, 4) is 5.75 Å². The average molecular weight is 418 g/mol. The van der Waals surface area contributed by atoms with Crippen molar-refractivity contribution >= 4 is 32.6 Å². The fourth-order valence-electron chi connectivity index (χ4n) is 3.33. The maximum absolute atomic E-state index is 13.5. The Balaban J connectivity index is 1.80. The highest BCUT2D eigenvalue weighted by Gasteiger charge is 2.23. The summed E-state index contributed by atoms with van der Waals surface area (Å²) in [6, 6.07) is 19.1. The Morgan fingerprint density at radius 1 is 1.10 bits per heavy atom. The molecule has 0 radical (unpaired) electrons. The van der Waals surface area contributed by atoms with Crippen molar-refractivity contribution in [2.24, 2.45) is 0 Å². The average Bonchev–Trinajstić information content (AvgIpc) is 3.21. The van der Waals surface area contributed by atoms with Crippen LogP contribution in [0.1, 0.15) is 41.4 Å². The van der Waals surface area contributed by atoms with E-state index in [0.29, 0.717) is 28.9 Å². The Bertz CT molecular complexity index is 1170. The molecule has 2 aromatic carbocycles. The molecule has 0 aliphatic carbocycles. The van der Waals surface area contributed by atoms with Gasteiger partial charge in [0.2, 0.25) is 0 Å². The van der Waals surface area contributed by atoms with Crippen molar-refractivity contribution < 1.29 is 9.53 Å². The summed E-state index contributed by atoms with van der Waals surface area (Å²) in [5.41, 5.74) is 3.49. The predicted octanol–water partition coefficient (Wildman–Crippen LogP) is 5.67. The second-order valence-corrected chi connectivity index (χ2v) is 8.30. The van der Waals surface area contributed by atoms with Crippen molar-refractivity contribution in [2.75, 3.05) is 12.0 Å². The molecule has 6 heteroatoms. The Morgan fingerprint density at radius 3 is 2.67 bits per heavy atom. The highest BCUT2D eigenvalue weighted by atomic mass is 32.1. The minimum atomic E-state index is -0.135. The summed E-state index contributed by atoms with van der Waals surface area (Å²) in [4.78, 5) is 24.5. The zero-order valence-corrected chi connectivity index (χ0v) is 18.0. The van der Waals surface area contributed by atoms with Crippen LogP contribution in [0.5, 0.6) is 5.75 Å². The van der Waals surface area contributed by atoms with Crippen molar-refractivity contribution in [1.82, 2.24) is 9.97 Å². The van der Waals surface area contributed by atoms with Gasteiger partial charge >= 0.3 is 0 Å². The summed E-state index contributed by atoms with van der Waals surface area (Å²) in [5, 5.41) is 0.663. The van der Waals surface area contributed by atoms with Gasteiger partial charge in [0.25, 0.3) is 5.91 Å². The molecule has 0 atom stereocenters. The van der Waals surface area contributed by atoms with Crippen LogP contribution in [-0.4, -0.2) is 23.0 Å². The first-order valence-corrected chi connectivity index (χ1v) is 10.6. The molecule has 2 heterocycles. The fraction of sp³-hybridized carbons (Fsp3) is 0.208. The molecule has 0 aliphatic rings. The van der Waals surface area contributed by atoms with Crippen molar-refractivity contribution in [3.05, 3.63) is 83.7 Å². The van der Waals surface area contributed by atoms with Crippen LogP contribution in [0.15, 0.2) is 66.9 Å². The summed E-state index contributed by atoms with van der Waals surface area (Å²) in [6.07, 6.45) is 1.73. The van der Waals surface area contributed by atoms with E-state index in [9.17, 15) is 4.79 Å². The number of rotatable bonds is 6. The van der Waals surface area contributed by atoms with Gasteiger partial charge in [-0.25, -0.2) is 4.98 Å². The number of methoxy groups -OCH3 is 1. The van der Waals surface area contributed by atoms with Crippen LogP contribution in [-0.2, 0) is 6.54 Å². The van der Waals surface area contributed by atoms with Gasteiger partial charge in [-0.15, -0.1) is 0 Å². The number of benzene rings is 2. The second kappa shape index (κ2) is 8.63. The number of amides is 1. The Labute approximate surface area is 180 Å². The van der Waals surface area contributed by atoms with Gasteiger partial charge in [0, 0.05) is 11.8 Å². The molecule has 0 N–H and O–H groups in total. The molecule has 5 nitrogen and oxygen atoms in total. The lowest BCUT2D eigenvalue weighted by molar-refractivity contribution is 0.0984. The first-order valence-electron chi connectivity index (χ1n) is 9.82. The number of ether oxygens (including phenoxy) is 1. The molecule has 0 fully saturated rings. The molecule has 0 bridgehead atoms. The molecule has 2 aromatic heterocycles. The molecule has 4 rings (SSSR count). The zero-order valence-electron chi connectivity index (χ0n) is 17.2. The van der Waals surface area contributed by atoms with E-state index in [2.05, 4.69) is 31.0 Å². The molecule has 30 heavy (non-hydrogen) atoms. The van der Waals surface area contributed by atoms with E-state index >= 15 is 0 Å². The summed E-state index contributed by atoms with van der Waals surface area (Å²) in [5.74, 6) is 0.858. The Hall–Kier alpha value is -3.25. The van der Waals surface area contributed by atoms with Crippen molar-refractivity contribution in [1.29, 1.82) is 0 Å². The number of hydrogen-bond acceptors (Lipinski definition) is 5. The Morgan fingerprint density at radius 2 is 1.93 bits per heavy atom. The van der Waals surface area contributed by atoms with Crippen LogP contribution in [0.2, 0.25) is 0 Å². The number of fused-ring (bicyclic) bond motifs is 1. The van der Waals surface area contributed by atoms with E-state index < -0.39 is 0 Å². The summed E-state index contributed by atoms with van der Waals surface area (Å²) in [6.45, 7) is 4.65. The van der Waals surface area contributed by atoms with Gasteiger partial charge in [-0.05, 0) is 47.9 Å². The third-order valence-electron chi connectivity index (χ3n) is 4.90. The lowest BCUT2D eigenvalue weighted by Crippen LogP contribution is -2.30. The predicted molar refractivity (Wildman–Crippen MR) is 121 cm³/mol. The molecular formula is C24H23N3O2S. The maximum Gasteiger partial charge on any atom is 0.260 e. The summed E-state index contributed by atoms with van der Waals surface area (Å²) in [7, 11) is 1.59. The molecule has 0 unspecified atom stereocenters. The lowest BCUT2D eigenvalue weighted by Gasteiger charge is -2.20. The number of carbonyl (C=O) groups excluding carboxylic acids is 1. The largest absolute Gasteiger partial charge is 0.497 e. The van der Waals surface area contributed by atoms with Gasteiger partial charge in [-0.2, -0.15) is 0 Å². The van der Waals surface area contributed by atoms with E-state index in [4.69, 9.17) is 9.72 Å². The lowest BCUT2D eigenvalue weighted by atomic mass is 10.0. The monoisotopic (exact) mass is 417 g/mol. The summed E-state index contributed by atoms with van der Waals surface area (Å²) < 4.78 is 6.37. The molecule has 0 spiro atoms. The van der Waals surface area contributed by atoms with Gasteiger partial charge in [-0.1, -0.05) is 49.4 Å². The minimum absolute atomic E-state index is 0.135. The number of pyridine rings is 1. The van der Waals surface area contributed by atoms with E-state index in [1.807, 2.05) is 36.4 Å². The Kier molecular flexibility index (Phi) is 5.77. The van der Waals surface area contributed by atoms with Gasteiger partial charge in [0.05, 0.1) is 29.6 Å². The number of aromatic nitrogens is 2. The third kappa shape index (κ3) is 4.04. The highest BCUT2D eigenvalue weighted by Crippen LogP contribution is 2.34. The normalized spacial score (nSPS) is 11.1. The van der Waals surface area contributed by atoms with Gasteiger partial charge < -0.3 is 4.74 Å². The molecule has 1 amide bonds. The van der Waals surface area contributed by atoms with Crippen LogP contribution in [0.3, 0.4) is 0 Å². The molecule has 0 saturated carbocycles. The number of para-hydroxylation sites is 1. The molecule has 152 valence electrons. The maximum atomic E-state index is 13.5. The van der Waals surface area contributed by atoms with Crippen LogP contribution in [0.25, 0.3) is 10.2 Å². The number of thiazole rings is 1. The molecule has 4 aromatic rings. The van der Waals surface area contributed by atoms with E-state index in [-0.39, 0.29) is 5.91 Å². The minimum Gasteiger partial charge on any atom is -0.497 e. The van der Waals surface area contributed by atoms with Crippen LogP contribution in [0, 0.1) is 0 Å². The van der Waals surface area contributed by atoms with E-state index in [1.54, 1.807) is 30.3 Å². The second-order valence-electron chi connectivity index (χ2n) is 7.29. The summed E-state index contributed by atoms with van der Waals surface area (Å²) >= 11 is 1.52. The van der Waals surface area contributed by atoms with Gasteiger partial charge in [0.1, 0.15) is 5.75 Å². The first kappa shape index (κ1) is 20.0. The van der Waals surface area contributed by atoms with Crippen LogP contribution in [0.4, 0.5) is 5.13 Å². The topological polar surface area (TPSA) is 55.3 Å². The number of hydrogen-bond donors (Lipinski definition) is 0. The molecular weight excluding hydrogens is 394 g/mol. The van der Waals surface area contributed by atoms with Gasteiger partial charge in [-0.3, -0.25) is 14.7 Å². The van der Waals surface area contributed by atoms with Gasteiger partial charge in [0.15, 0.2) is 5.13 Å². The number of anilines is 1. The smallest absolute Gasteiger partial charge is 0.260 e. The van der Waals surface area contributed by atoms with E-state index in [1.165, 1.54) is 16.9 Å². The molecule has 0 aliphatic heterocycles. The number of carbonyl (C=O) groups is 1. The standard InChI is InChI=1S/C24H23N3O2S/c1-16(2)20-11-7-12-21-22(20)26-24(30-21)27(15-18-9-4-5-13-25-18)23(28)17-8-6-10-19(14-17)29-3/h4-14,16H,15H2,1-3H3. The first-order chi connectivity index (χ1) is 14.6. The fourth-order valence-corrected chi connectivity index (χ4v) is 4.33. The van der Waals surface area contributed by atoms with Crippen molar-refractivity contribution in [2.45, 2.75) is 26.3 Å². The van der Waals surface area contributed by atoms with Crippen LogP contribution < -0.4 is 9.64 Å². The van der Waals surface area contributed by atoms with Crippen molar-refractivity contribution in [3.63, 3.8) is 0 Å². The molecule has 0 saturated heterocycles. The number of nitrogens with zero attached hydrogens (tertiary/aromatic N) is 3. The SMILES string of the molecule is COc1cccc(C(=O)N(Cc2ccccn2)c2nc3c(C(C)C)cccc3s2)c1. The quantitative estimate of drug-likeness (QED) is 0.406. The van der Waals surface area contributed by atoms with Crippen LogP contribution >= 0.6 is 11.3 Å². The highest BCUT2D eigenvalue weighted by molar-refractivity contribution is 7.22. The van der Waals surface area contributed by atoms with E-state index in [0.717, 1.165) is 15.9 Å². The zero-order chi connectivity index (χ0) is 21.1. The third-order valence-corrected chi connectivity index (χ3v) is 5.94.